The molecule has 0 amide bonds. The fourth-order valence-electron chi connectivity index (χ4n) is 3.86. The summed E-state index contributed by atoms with van der Waals surface area (Å²) in [5, 5.41) is 0. The second-order valence-corrected chi connectivity index (χ2v) is 8.97. The number of rotatable bonds is 9. The summed E-state index contributed by atoms with van der Waals surface area (Å²) in [6.07, 6.45) is 10.2. The zero-order valence-corrected chi connectivity index (χ0v) is 20.9. The van der Waals surface area contributed by atoms with Crippen LogP contribution in [0.4, 0.5) is 8.78 Å². The summed E-state index contributed by atoms with van der Waals surface area (Å²) in [5.41, 5.74) is 4.34. The molecule has 35 heavy (non-hydrogen) atoms. The van der Waals surface area contributed by atoms with Crippen molar-refractivity contribution in [2.24, 2.45) is 0 Å². The Morgan fingerprint density at radius 3 is 1.80 bits per heavy atom. The summed E-state index contributed by atoms with van der Waals surface area (Å²) in [4.78, 5) is 0. The number of halogens is 2. The van der Waals surface area contributed by atoms with Crippen molar-refractivity contribution in [3.63, 3.8) is 0 Å². The highest BCUT2D eigenvalue weighted by Gasteiger charge is 2.03. The Morgan fingerprint density at radius 1 is 0.543 bits per heavy atom. The van der Waals surface area contributed by atoms with E-state index < -0.39 is 5.82 Å². The Balaban J connectivity index is 1.60. The standard InChI is InChI=1S/C33H34F2/c1-3-5-7-8-9-10-26-12-14-27(15-13-26)18-21-31-23-20-29(25-33(31)35)17-16-28-19-22-30(11-6-4-2)32(34)24-28/h12-15,19-20,22-25H,3-11H2,1-2H3. The molecule has 0 aromatic heterocycles. The van der Waals surface area contributed by atoms with Gasteiger partial charge < -0.3 is 0 Å². The SMILES string of the molecule is CCCCCCCc1ccc(C#Cc2ccc(C#Cc3ccc(CCCC)c(F)c3)cc2F)cc1. The van der Waals surface area contributed by atoms with Gasteiger partial charge in [0.15, 0.2) is 0 Å². The van der Waals surface area contributed by atoms with Crippen molar-refractivity contribution in [2.45, 2.75) is 71.6 Å². The van der Waals surface area contributed by atoms with Gasteiger partial charge >= 0.3 is 0 Å². The van der Waals surface area contributed by atoms with Gasteiger partial charge in [0.1, 0.15) is 11.6 Å². The number of aryl methyl sites for hydroxylation is 2. The smallest absolute Gasteiger partial charge is 0.140 e. The van der Waals surface area contributed by atoms with E-state index in [2.05, 4.69) is 49.7 Å². The molecule has 0 heterocycles. The predicted octanol–water partition coefficient (Wildman–Crippen LogP) is 8.62. The maximum atomic E-state index is 14.6. The van der Waals surface area contributed by atoms with Crippen LogP contribution in [0.1, 0.15) is 92.2 Å². The van der Waals surface area contributed by atoms with E-state index in [1.807, 2.05) is 18.2 Å². The maximum Gasteiger partial charge on any atom is 0.140 e. The zero-order chi connectivity index (χ0) is 24.9. The Morgan fingerprint density at radius 2 is 1.14 bits per heavy atom. The molecule has 0 fully saturated rings. The van der Waals surface area contributed by atoms with E-state index in [9.17, 15) is 8.78 Å². The van der Waals surface area contributed by atoms with Gasteiger partial charge in [0.25, 0.3) is 0 Å². The van der Waals surface area contributed by atoms with Crippen molar-refractivity contribution in [1.82, 2.24) is 0 Å². The summed E-state index contributed by atoms with van der Waals surface area (Å²) < 4.78 is 28.8. The molecule has 0 bridgehead atoms. The Kier molecular flexibility index (Phi) is 10.6. The van der Waals surface area contributed by atoms with Crippen LogP contribution in [0, 0.1) is 35.3 Å². The van der Waals surface area contributed by atoms with Crippen LogP contribution in [0.2, 0.25) is 0 Å². The first-order chi connectivity index (χ1) is 17.1. The van der Waals surface area contributed by atoms with Gasteiger partial charge in [-0.15, -0.1) is 0 Å². The number of hydrogen-bond acceptors (Lipinski definition) is 0. The topological polar surface area (TPSA) is 0 Å². The molecule has 0 aliphatic carbocycles. The molecular formula is C33H34F2. The van der Waals surface area contributed by atoms with Gasteiger partial charge in [-0.25, -0.2) is 8.78 Å². The molecule has 0 aliphatic heterocycles. The van der Waals surface area contributed by atoms with Gasteiger partial charge in [-0.05, 0) is 79.3 Å². The van der Waals surface area contributed by atoms with E-state index >= 15 is 0 Å². The predicted molar refractivity (Wildman–Crippen MR) is 142 cm³/mol. The maximum absolute atomic E-state index is 14.6. The van der Waals surface area contributed by atoms with Crippen molar-refractivity contribution < 1.29 is 8.78 Å². The minimum atomic E-state index is -0.408. The highest BCUT2D eigenvalue weighted by atomic mass is 19.1. The van der Waals surface area contributed by atoms with Crippen LogP contribution in [0.3, 0.4) is 0 Å². The largest absolute Gasteiger partial charge is 0.207 e. The Hall–Kier alpha value is -3.36. The summed E-state index contributed by atoms with van der Waals surface area (Å²) in [6, 6.07) is 18.0. The Labute approximate surface area is 209 Å². The normalized spacial score (nSPS) is 10.3. The summed E-state index contributed by atoms with van der Waals surface area (Å²) in [6.45, 7) is 4.31. The van der Waals surface area contributed by atoms with Crippen molar-refractivity contribution >= 4 is 0 Å². The van der Waals surface area contributed by atoms with Gasteiger partial charge in [0.05, 0.1) is 5.56 Å². The lowest BCUT2D eigenvalue weighted by Gasteiger charge is -2.02. The van der Waals surface area contributed by atoms with Gasteiger partial charge in [0.2, 0.25) is 0 Å². The van der Waals surface area contributed by atoms with E-state index in [4.69, 9.17) is 0 Å². The summed E-state index contributed by atoms with van der Waals surface area (Å²) >= 11 is 0. The highest BCUT2D eigenvalue weighted by molar-refractivity contribution is 5.49. The molecule has 2 heteroatoms. The minimum Gasteiger partial charge on any atom is -0.207 e. The van der Waals surface area contributed by atoms with Crippen molar-refractivity contribution in [2.75, 3.05) is 0 Å². The molecule has 0 unspecified atom stereocenters. The fourth-order valence-corrected chi connectivity index (χ4v) is 3.86. The monoisotopic (exact) mass is 468 g/mol. The van der Waals surface area contributed by atoms with Crippen LogP contribution in [0.5, 0.6) is 0 Å². The first kappa shape index (κ1) is 26.2. The molecule has 0 nitrogen and oxygen atoms in total. The third kappa shape index (κ3) is 8.73. The van der Waals surface area contributed by atoms with Crippen molar-refractivity contribution in [3.05, 3.63) is 106 Å². The lowest BCUT2D eigenvalue weighted by Crippen LogP contribution is -1.91. The molecular weight excluding hydrogens is 434 g/mol. The number of benzene rings is 3. The van der Waals surface area contributed by atoms with E-state index in [-0.39, 0.29) is 5.82 Å². The Bertz CT molecular complexity index is 1210. The van der Waals surface area contributed by atoms with Gasteiger partial charge in [-0.3, -0.25) is 0 Å². The van der Waals surface area contributed by atoms with Crippen LogP contribution in [0.25, 0.3) is 0 Å². The van der Waals surface area contributed by atoms with E-state index in [1.165, 1.54) is 49.8 Å². The van der Waals surface area contributed by atoms with Gasteiger partial charge in [-0.2, -0.15) is 0 Å². The summed E-state index contributed by atoms with van der Waals surface area (Å²) in [5.74, 6) is 11.2. The highest BCUT2D eigenvalue weighted by Crippen LogP contribution is 2.14. The molecule has 3 aromatic carbocycles. The van der Waals surface area contributed by atoms with Gasteiger partial charge in [0, 0.05) is 16.7 Å². The third-order valence-corrected chi connectivity index (χ3v) is 6.04. The van der Waals surface area contributed by atoms with Crippen LogP contribution in [-0.2, 0) is 12.8 Å². The van der Waals surface area contributed by atoms with Crippen molar-refractivity contribution in [1.29, 1.82) is 0 Å². The molecule has 0 radical (unpaired) electrons. The summed E-state index contributed by atoms with van der Waals surface area (Å²) in [7, 11) is 0. The number of unbranched alkanes of at least 4 members (excludes halogenated alkanes) is 5. The fraction of sp³-hybridized carbons (Fsp3) is 0.333. The van der Waals surface area contributed by atoms with Gasteiger partial charge in [-0.1, -0.05) is 87.8 Å². The number of hydrogen-bond donors (Lipinski definition) is 0. The molecule has 0 saturated carbocycles. The molecule has 0 spiro atoms. The molecule has 0 N–H and O–H groups in total. The first-order valence-corrected chi connectivity index (χ1v) is 12.8. The molecule has 0 atom stereocenters. The minimum absolute atomic E-state index is 0.234. The van der Waals surface area contributed by atoms with E-state index in [0.717, 1.165) is 31.2 Å². The molecule has 3 rings (SSSR count). The van der Waals surface area contributed by atoms with E-state index in [0.29, 0.717) is 22.3 Å². The third-order valence-electron chi connectivity index (χ3n) is 6.04. The average Bonchev–Trinajstić information content (AvgIpc) is 2.87. The van der Waals surface area contributed by atoms with E-state index in [1.54, 1.807) is 18.2 Å². The average molecular weight is 469 g/mol. The quantitative estimate of drug-likeness (QED) is 0.218. The van der Waals surface area contributed by atoms with Crippen LogP contribution < -0.4 is 0 Å². The lowest BCUT2D eigenvalue weighted by atomic mass is 10.0. The molecule has 3 aromatic rings. The molecule has 180 valence electrons. The van der Waals surface area contributed by atoms with Crippen LogP contribution >= 0.6 is 0 Å². The molecule has 0 aliphatic rings. The first-order valence-electron chi connectivity index (χ1n) is 12.8. The van der Waals surface area contributed by atoms with Crippen molar-refractivity contribution in [3.8, 4) is 23.7 Å². The zero-order valence-electron chi connectivity index (χ0n) is 20.9. The molecule has 0 saturated heterocycles. The van der Waals surface area contributed by atoms with Crippen LogP contribution in [-0.4, -0.2) is 0 Å². The van der Waals surface area contributed by atoms with Crippen LogP contribution in [0.15, 0.2) is 60.7 Å². The lowest BCUT2D eigenvalue weighted by molar-refractivity contribution is 0.603. The second kappa shape index (κ2) is 14.1. The second-order valence-electron chi connectivity index (χ2n) is 8.97.